The topological polar surface area (TPSA) is 105 Å². The van der Waals surface area contributed by atoms with Crippen molar-refractivity contribution in [3.8, 4) is 0 Å². The number of nitrogens with zero attached hydrogens (tertiary/aromatic N) is 2. The Morgan fingerprint density at radius 1 is 1.50 bits per heavy atom. The first-order chi connectivity index (χ1) is 9.43. The Labute approximate surface area is 124 Å². The highest BCUT2D eigenvalue weighted by atomic mass is 79.9. The van der Waals surface area contributed by atoms with Crippen LogP contribution in [0.4, 0.5) is 11.5 Å². The number of aliphatic carboxylic acids is 1. The predicted molar refractivity (Wildman–Crippen MR) is 77.9 cm³/mol. The number of hydrogen-bond donors (Lipinski definition) is 2. The molecule has 0 aliphatic heterocycles. The van der Waals surface area contributed by atoms with Crippen molar-refractivity contribution in [3.05, 3.63) is 26.3 Å². The minimum absolute atomic E-state index is 0.0242. The SMILES string of the molecule is Cc1c([N+](=O)[O-])cnc(NCCCCCC(=O)O)c1Br. The monoisotopic (exact) mass is 345 g/mol. The number of hydrogen-bond acceptors (Lipinski definition) is 5. The second-order valence-corrected chi connectivity index (χ2v) is 5.11. The largest absolute Gasteiger partial charge is 0.481 e. The van der Waals surface area contributed by atoms with Gasteiger partial charge >= 0.3 is 5.97 Å². The van der Waals surface area contributed by atoms with Crippen molar-refractivity contribution in [1.29, 1.82) is 0 Å². The normalized spacial score (nSPS) is 10.3. The van der Waals surface area contributed by atoms with E-state index < -0.39 is 10.9 Å². The zero-order chi connectivity index (χ0) is 15.1. The van der Waals surface area contributed by atoms with E-state index in [1.54, 1.807) is 6.92 Å². The van der Waals surface area contributed by atoms with E-state index in [1.165, 1.54) is 6.20 Å². The summed E-state index contributed by atoms with van der Waals surface area (Å²) in [6.45, 7) is 2.30. The molecule has 0 aliphatic carbocycles. The van der Waals surface area contributed by atoms with Crippen LogP contribution < -0.4 is 5.32 Å². The molecule has 0 aliphatic rings. The van der Waals surface area contributed by atoms with Gasteiger partial charge < -0.3 is 10.4 Å². The van der Waals surface area contributed by atoms with Gasteiger partial charge in [-0.05, 0) is 35.7 Å². The van der Waals surface area contributed by atoms with Gasteiger partial charge in [0.05, 0.1) is 9.40 Å². The first-order valence-corrected chi connectivity index (χ1v) is 6.98. The number of nitro groups is 1. The van der Waals surface area contributed by atoms with E-state index in [4.69, 9.17) is 5.11 Å². The number of nitrogens with one attached hydrogen (secondary N) is 1. The molecule has 7 nitrogen and oxygen atoms in total. The van der Waals surface area contributed by atoms with Gasteiger partial charge in [0, 0.05) is 18.5 Å². The quantitative estimate of drug-likeness (QED) is 0.426. The van der Waals surface area contributed by atoms with Crippen LogP contribution in [0.3, 0.4) is 0 Å². The molecule has 0 aromatic carbocycles. The fraction of sp³-hybridized carbons (Fsp3) is 0.500. The van der Waals surface area contributed by atoms with Gasteiger partial charge in [0.25, 0.3) is 5.69 Å². The number of pyridine rings is 1. The van der Waals surface area contributed by atoms with Crippen LogP contribution in [-0.4, -0.2) is 27.5 Å². The predicted octanol–water partition coefficient (Wildman–Crippen LogP) is 3.12. The van der Waals surface area contributed by atoms with E-state index in [0.29, 0.717) is 28.8 Å². The van der Waals surface area contributed by atoms with Crippen LogP contribution in [0.15, 0.2) is 10.7 Å². The van der Waals surface area contributed by atoms with Crippen LogP contribution in [-0.2, 0) is 4.79 Å². The number of rotatable bonds is 8. The molecule has 1 rings (SSSR count). The lowest BCUT2D eigenvalue weighted by Crippen LogP contribution is -2.06. The van der Waals surface area contributed by atoms with Crippen LogP contribution in [0.2, 0.25) is 0 Å². The number of carboxylic acid groups (broad SMARTS) is 1. The van der Waals surface area contributed by atoms with Gasteiger partial charge in [-0.3, -0.25) is 14.9 Å². The molecule has 0 spiro atoms. The second-order valence-electron chi connectivity index (χ2n) is 4.32. The van der Waals surface area contributed by atoms with Gasteiger partial charge in [-0.2, -0.15) is 0 Å². The molecule has 110 valence electrons. The fourth-order valence-electron chi connectivity index (χ4n) is 1.66. The third kappa shape index (κ3) is 4.76. The van der Waals surface area contributed by atoms with Crippen LogP contribution >= 0.6 is 15.9 Å². The molecule has 0 unspecified atom stereocenters. The average molecular weight is 346 g/mol. The molecule has 0 bridgehead atoms. The summed E-state index contributed by atoms with van der Waals surface area (Å²) >= 11 is 3.29. The molecular formula is C12H16BrN3O4. The Morgan fingerprint density at radius 3 is 2.80 bits per heavy atom. The molecule has 0 amide bonds. The molecule has 0 saturated heterocycles. The molecule has 0 saturated carbocycles. The van der Waals surface area contributed by atoms with Crippen molar-refractivity contribution < 1.29 is 14.8 Å². The molecule has 1 aromatic heterocycles. The Hall–Kier alpha value is -1.70. The maximum absolute atomic E-state index is 10.7. The highest BCUT2D eigenvalue weighted by molar-refractivity contribution is 9.10. The smallest absolute Gasteiger partial charge is 0.303 e. The van der Waals surface area contributed by atoms with Gasteiger partial charge in [0.1, 0.15) is 12.0 Å². The minimum Gasteiger partial charge on any atom is -0.481 e. The first-order valence-electron chi connectivity index (χ1n) is 6.18. The second kappa shape index (κ2) is 7.78. The van der Waals surface area contributed by atoms with E-state index in [2.05, 4.69) is 26.2 Å². The average Bonchev–Trinajstić information content (AvgIpc) is 2.37. The number of halogens is 1. The molecule has 20 heavy (non-hydrogen) atoms. The van der Waals surface area contributed by atoms with Crippen LogP contribution in [0.1, 0.15) is 31.2 Å². The fourth-order valence-corrected chi connectivity index (χ4v) is 2.11. The Bertz CT molecular complexity index is 508. The summed E-state index contributed by atoms with van der Waals surface area (Å²) in [6.07, 6.45) is 3.68. The molecule has 2 N–H and O–H groups in total. The third-order valence-electron chi connectivity index (χ3n) is 2.79. The highest BCUT2D eigenvalue weighted by Gasteiger charge is 2.16. The summed E-state index contributed by atoms with van der Waals surface area (Å²) in [6, 6.07) is 0. The number of unbranched alkanes of at least 4 members (excludes halogenated alkanes) is 2. The Balaban J connectivity index is 2.47. The van der Waals surface area contributed by atoms with E-state index in [1.807, 2.05) is 0 Å². The van der Waals surface area contributed by atoms with Gasteiger partial charge in [-0.15, -0.1) is 0 Å². The summed E-state index contributed by atoms with van der Waals surface area (Å²) < 4.78 is 0.581. The molecular weight excluding hydrogens is 330 g/mol. The van der Waals surface area contributed by atoms with Crippen molar-refractivity contribution in [1.82, 2.24) is 4.98 Å². The summed E-state index contributed by atoms with van der Waals surface area (Å²) in [4.78, 5) is 24.6. The molecule has 1 aromatic rings. The maximum atomic E-state index is 10.7. The van der Waals surface area contributed by atoms with E-state index >= 15 is 0 Å². The number of carboxylic acids is 1. The van der Waals surface area contributed by atoms with Gasteiger partial charge in [0.15, 0.2) is 0 Å². The lowest BCUT2D eigenvalue weighted by molar-refractivity contribution is -0.385. The summed E-state index contributed by atoms with van der Waals surface area (Å²) in [7, 11) is 0. The highest BCUT2D eigenvalue weighted by Crippen LogP contribution is 2.30. The van der Waals surface area contributed by atoms with E-state index in [9.17, 15) is 14.9 Å². The number of aromatic nitrogens is 1. The Kier molecular flexibility index (Phi) is 6.37. The van der Waals surface area contributed by atoms with Crippen molar-refractivity contribution >= 4 is 33.4 Å². The molecule has 0 radical (unpaired) electrons. The van der Waals surface area contributed by atoms with Gasteiger partial charge in [-0.25, -0.2) is 4.98 Å². The molecule has 1 heterocycles. The maximum Gasteiger partial charge on any atom is 0.303 e. The van der Waals surface area contributed by atoms with Crippen LogP contribution in [0.5, 0.6) is 0 Å². The zero-order valence-corrected chi connectivity index (χ0v) is 12.6. The third-order valence-corrected chi connectivity index (χ3v) is 3.76. The summed E-state index contributed by atoms with van der Waals surface area (Å²) in [5.74, 6) is -0.223. The number of anilines is 1. The van der Waals surface area contributed by atoms with E-state index in [0.717, 1.165) is 12.8 Å². The zero-order valence-electron chi connectivity index (χ0n) is 11.1. The first kappa shape index (κ1) is 16.4. The van der Waals surface area contributed by atoms with Gasteiger partial charge in [-0.1, -0.05) is 6.42 Å². The Morgan fingerprint density at radius 2 is 2.20 bits per heavy atom. The van der Waals surface area contributed by atoms with Crippen molar-refractivity contribution in [3.63, 3.8) is 0 Å². The molecule has 0 fully saturated rings. The standard InChI is InChI=1S/C12H16BrN3O4/c1-8-9(16(19)20)7-15-12(11(8)13)14-6-4-2-3-5-10(17)18/h7H,2-6H2,1H3,(H,14,15)(H,17,18). The molecule has 8 heteroatoms. The summed E-state index contributed by atoms with van der Waals surface area (Å²) in [5, 5.41) is 22.3. The van der Waals surface area contributed by atoms with Crippen molar-refractivity contribution in [2.45, 2.75) is 32.6 Å². The van der Waals surface area contributed by atoms with Crippen LogP contribution in [0.25, 0.3) is 0 Å². The van der Waals surface area contributed by atoms with Gasteiger partial charge in [0.2, 0.25) is 0 Å². The summed E-state index contributed by atoms with van der Waals surface area (Å²) in [5.41, 5.74) is 0.502. The molecule has 0 atom stereocenters. The lowest BCUT2D eigenvalue weighted by atomic mass is 10.2. The van der Waals surface area contributed by atoms with Crippen molar-refractivity contribution in [2.24, 2.45) is 0 Å². The minimum atomic E-state index is -0.784. The number of carbonyl (C=O) groups is 1. The van der Waals surface area contributed by atoms with E-state index in [-0.39, 0.29) is 12.1 Å². The van der Waals surface area contributed by atoms with Crippen molar-refractivity contribution in [2.75, 3.05) is 11.9 Å². The van der Waals surface area contributed by atoms with Crippen LogP contribution in [0, 0.1) is 17.0 Å². The lowest BCUT2D eigenvalue weighted by Gasteiger charge is -2.09.